The molecule has 2 amide bonds. The van der Waals surface area contributed by atoms with Crippen LogP contribution < -0.4 is 5.32 Å². The zero-order valence-electron chi connectivity index (χ0n) is 17.9. The maximum Gasteiger partial charge on any atom is 0.270 e. The number of benzene rings is 1. The second kappa shape index (κ2) is 9.28. The van der Waals surface area contributed by atoms with Crippen LogP contribution in [0.3, 0.4) is 0 Å². The standard InChI is InChI=1S/C23H28N4O3S/c1-14-21-17(16-7-3-4-8-18(16)25-21)12-20(24-14)22(29)26-19(9-11-31-2)23(30)27-10-5-6-15(27)13-28/h3-4,7-8,12,15,19,25,28H,5-6,9-11,13H2,1-2H3,(H,26,29). The van der Waals surface area contributed by atoms with Crippen molar-refractivity contribution in [3.05, 3.63) is 41.7 Å². The number of thioether (sulfide) groups is 1. The molecule has 0 saturated carbocycles. The number of amides is 2. The fourth-order valence-electron chi connectivity index (χ4n) is 4.36. The van der Waals surface area contributed by atoms with Crippen molar-refractivity contribution in [1.82, 2.24) is 20.2 Å². The highest BCUT2D eigenvalue weighted by Crippen LogP contribution is 2.27. The van der Waals surface area contributed by atoms with Crippen molar-refractivity contribution in [3.63, 3.8) is 0 Å². The molecular formula is C23H28N4O3S. The number of rotatable bonds is 7. The van der Waals surface area contributed by atoms with Crippen LogP contribution in [0.1, 0.15) is 35.4 Å². The first kappa shape index (κ1) is 21.6. The molecule has 164 valence electrons. The van der Waals surface area contributed by atoms with Crippen LogP contribution in [0.5, 0.6) is 0 Å². The molecule has 3 N–H and O–H groups in total. The first-order valence-electron chi connectivity index (χ1n) is 10.6. The number of aromatic amines is 1. The third-order valence-electron chi connectivity index (χ3n) is 5.99. The van der Waals surface area contributed by atoms with Crippen LogP contribution in [-0.2, 0) is 4.79 Å². The maximum atomic E-state index is 13.2. The van der Waals surface area contributed by atoms with E-state index in [1.807, 2.05) is 37.4 Å². The molecule has 3 heterocycles. The molecule has 4 rings (SSSR count). The Labute approximate surface area is 185 Å². The van der Waals surface area contributed by atoms with Gasteiger partial charge in [0.2, 0.25) is 5.91 Å². The SMILES string of the molecule is CSCCC(NC(=O)c1cc2c([nH]c3ccccc32)c(C)n1)C(=O)N1CCCC1CO. The van der Waals surface area contributed by atoms with Gasteiger partial charge in [0, 0.05) is 22.8 Å². The van der Waals surface area contributed by atoms with Gasteiger partial charge in [0.05, 0.1) is 23.9 Å². The highest BCUT2D eigenvalue weighted by molar-refractivity contribution is 7.98. The Kier molecular flexibility index (Phi) is 6.48. The summed E-state index contributed by atoms with van der Waals surface area (Å²) in [4.78, 5) is 35.9. The van der Waals surface area contributed by atoms with Gasteiger partial charge < -0.3 is 20.3 Å². The Morgan fingerprint density at radius 3 is 2.94 bits per heavy atom. The van der Waals surface area contributed by atoms with Gasteiger partial charge in [-0.05, 0) is 50.3 Å². The smallest absolute Gasteiger partial charge is 0.270 e. The first-order valence-corrected chi connectivity index (χ1v) is 12.0. The van der Waals surface area contributed by atoms with Crippen LogP contribution in [0, 0.1) is 6.92 Å². The summed E-state index contributed by atoms with van der Waals surface area (Å²) in [5.41, 5.74) is 2.95. The average molecular weight is 441 g/mol. The highest BCUT2D eigenvalue weighted by Gasteiger charge is 2.33. The molecule has 0 aliphatic carbocycles. The van der Waals surface area contributed by atoms with Crippen LogP contribution in [0.2, 0.25) is 0 Å². The van der Waals surface area contributed by atoms with E-state index in [0.717, 1.165) is 46.1 Å². The van der Waals surface area contributed by atoms with Gasteiger partial charge in [-0.25, -0.2) is 4.98 Å². The highest BCUT2D eigenvalue weighted by atomic mass is 32.2. The molecule has 1 saturated heterocycles. The number of fused-ring (bicyclic) bond motifs is 3. The minimum absolute atomic E-state index is 0.0487. The Balaban J connectivity index is 1.61. The molecule has 1 fully saturated rings. The zero-order valence-corrected chi connectivity index (χ0v) is 18.7. The summed E-state index contributed by atoms with van der Waals surface area (Å²) in [6.45, 7) is 2.45. The van der Waals surface area contributed by atoms with Gasteiger partial charge >= 0.3 is 0 Å². The number of hydrogen-bond donors (Lipinski definition) is 3. The number of carbonyl (C=O) groups excluding carboxylic acids is 2. The number of pyridine rings is 1. The summed E-state index contributed by atoms with van der Waals surface area (Å²) in [6, 6.07) is 8.95. The number of nitrogens with one attached hydrogen (secondary N) is 2. The monoisotopic (exact) mass is 440 g/mol. The van der Waals surface area contributed by atoms with E-state index in [2.05, 4.69) is 15.3 Å². The quantitative estimate of drug-likeness (QED) is 0.525. The van der Waals surface area contributed by atoms with Crippen LogP contribution in [0.25, 0.3) is 21.8 Å². The van der Waals surface area contributed by atoms with Crippen LogP contribution in [0.4, 0.5) is 0 Å². The molecule has 3 aromatic rings. The van der Waals surface area contributed by atoms with Crippen LogP contribution in [-0.4, -0.2) is 69.0 Å². The lowest BCUT2D eigenvalue weighted by atomic mass is 10.1. The van der Waals surface area contributed by atoms with Gasteiger partial charge in [-0.2, -0.15) is 11.8 Å². The largest absolute Gasteiger partial charge is 0.394 e. The first-order chi connectivity index (χ1) is 15.0. The van der Waals surface area contributed by atoms with Gasteiger partial charge in [0.25, 0.3) is 5.91 Å². The number of carbonyl (C=O) groups is 2. The fourth-order valence-corrected chi connectivity index (χ4v) is 4.83. The predicted molar refractivity (Wildman–Crippen MR) is 124 cm³/mol. The van der Waals surface area contributed by atoms with E-state index in [1.54, 1.807) is 22.7 Å². The molecule has 0 spiro atoms. The predicted octanol–water partition coefficient (Wildman–Crippen LogP) is 2.86. The van der Waals surface area contributed by atoms with E-state index in [9.17, 15) is 14.7 Å². The Hall–Kier alpha value is -2.58. The van der Waals surface area contributed by atoms with Gasteiger partial charge in [-0.1, -0.05) is 18.2 Å². The summed E-state index contributed by atoms with van der Waals surface area (Å²) in [5, 5.41) is 14.5. The second-order valence-corrected chi connectivity index (χ2v) is 8.99. The molecule has 1 aliphatic rings. The molecule has 2 atom stereocenters. The fraction of sp³-hybridized carbons (Fsp3) is 0.435. The zero-order chi connectivity index (χ0) is 22.0. The molecule has 2 unspecified atom stereocenters. The van der Waals surface area contributed by atoms with E-state index >= 15 is 0 Å². The number of hydrogen-bond acceptors (Lipinski definition) is 5. The molecular weight excluding hydrogens is 412 g/mol. The minimum atomic E-state index is -0.632. The van der Waals surface area contributed by atoms with Crippen molar-refractivity contribution >= 4 is 45.4 Å². The molecule has 2 aromatic heterocycles. The number of aryl methyl sites for hydroxylation is 1. The number of aliphatic hydroxyl groups excluding tert-OH is 1. The number of nitrogens with zero attached hydrogens (tertiary/aromatic N) is 2. The lowest BCUT2D eigenvalue weighted by Gasteiger charge is -2.28. The van der Waals surface area contributed by atoms with Crippen molar-refractivity contribution in [2.45, 2.75) is 38.3 Å². The summed E-state index contributed by atoms with van der Waals surface area (Å²) in [6.07, 6.45) is 4.18. The topological polar surface area (TPSA) is 98.3 Å². The van der Waals surface area contributed by atoms with Gasteiger partial charge in [-0.15, -0.1) is 0 Å². The molecule has 8 heteroatoms. The Bertz CT molecular complexity index is 1110. The Morgan fingerprint density at radius 2 is 2.16 bits per heavy atom. The molecule has 0 bridgehead atoms. The number of aliphatic hydroxyl groups is 1. The minimum Gasteiger partial charge on any atom is -0.394 e. The summed E-state index contributed by atoms with van der Waals surface area (Å²) < 4.78 is 0. The third-order valence-corrected chi connectivity index (χ3v) is 6.64. The van der Waals surface area contributed by atoms with Gasteiger partial charge in [0.1, 0.15) is 11.7 Å². The summed E-state index contributed by atoms with van der Waals surface area (Å²) in [7, 11) is 0. The van der Waals surface area contributed by atoms with Crippen molar-refractivity contribution < 1.29 is 14.7 Å². The average Bonchev–Trinajstić information content (AvgIpc) is 3.41. The van der Waals surface area contributed by atoms with E-state index in [0.29, 0.717) is 18.7 Å². The van der Waals surface area contributed by atoms with E-state index in [-0.39, 0.29) is 24.5 Å². The third kappa shape index (κ3) is 4.27. The number of aromatic nitrogens is 2. The van der Waals surface area contributed by atoms with E-state index in [4.69, 9.17) is 0 Å². The lowest BCUT2D eigenvalue weighted by molar-refractivity contribution is -0.134. The number of H-pyrrole nitrogens is 1. The molecule has 1 aromatic carbocycles. The normalized spacial score (nSPS) is 17.4. The van der Waals surface area contributed by atoms with Crippen molar-refractivity contribution in [2.24, 2.45) is 0 Å². The van der Waals surface area contributed by atoms with Crippen molar-refractivity contribution in [2.75, 3.05) is 25.2 Å². The summed E-state index contributed by atoms with van der Waals surface area (Å²) in [5.74, 6) is 0.278. The number of para-hydroxylation sites is 1. The molecule has 31 heavy (non-hydrogen) atoms. The van der Waals surface area contributed by atoms with Gasteiger partial charge in [-0.3, -0.25) is 9.59 Å². The van der Waals surface area contributed by atoms with Crippen LogP contribution in [0.15, 0.2) is 30.3 Å². The molecule has 1 aliphatic heterocycles. The molecule has 7 nitrogen and oxygen atoms in total. The van der Waals surface area contributed by atoms with E-state index in [1.165, 1.54) is 0 Å². The van der Waals surface area contributed by atoms with Crippen LogP contribution >= 0.6 is 11.8 Å². The van der Waals surface area contributed by atoms with E-state index < -0.39 is 6.04 Å². The molecule has 0 radical (unpaired) electrons. The second-order valence-electron chi connectivity index (χ2n) is 8.00. The maximum absolute atomic E-state index is 13.2. The lowest BCUT2D eigenvalue weighted by Crippen LogP contribution is -2.51. The summed E-state index contributed by atoms with van der Waals surface area (Å²) >= 11 is 1.64. The van der Waals surface area contributed by atoms with Crippen molar-refractivity contribution in [3.8, 4) is 0 Å². The number of likely N-dealkylation sites (tertiary alicyclic amines) is 1. The Morgan fingerprint density at radius 1 is 1.35 bits per heavy atom. The van der Waals surface area contributed by atoms with Crippen molar-refractivity contribution in [1.29, 1.82) is 0 Å². The van der Waals surface area contributed by atoms with Gasteiger partial charge in [0.15, 0.2) is 0 Å².